The van der Waals surface area contributed by atoms with Crippen molar-refractivity contribution in [1.82, 2.24) is 5.32 Å². The van der Waals surface area contributed by atoms with Crippen LogP contribution in [-0.2, 0) is 6.42 Å². The molecule has 1 saturated carbocycles. The summed E-state index contributed by atoms with van der Waals surface area (Å²) in [7, 11) is 0. The Hall–Kier alpha value is -0.820. The van der Waals surface area contributed by atoms with Gasteiger partial charge in [0.25, 0.3) is 0 Å². The number of benzene rings is 1. The summed E-state index contributed by atoms with van der Waals surface area (Å²) in [5.41, 5.74) is 1.48. The molecule has 0 amide bonds. The fraction of sp³-hybridized carbons (Fsp3) is 0.600. The molecule has 16 heavy (non-hydrogen) atoms. The first-order valence-electron chi connectivity index (χ1n) is 6.62. The Morgan fingerprint density at radius 2 is 1.94 bits per heavy atom. The highest BCUT2D eigenvalue weighted by atomic mass is 14.9. The summed E-state index contributed by atoms with van der Waals surface area (Å²) < 4.78 is 0. The van der Waals surface area contributed by atoms with E-state index in [1.807, 2.05) is 0 Å². The predicted octanol–water partition coefficient (Wildman–Crippen LogP) is 3.40. The molecule has 0 saturated heterocycles. The van der Waals surface area contributed by atoms with Gasteiger partial charge in [-0.1, -0.05) is 37.3 Å². The van der Waals surface area contributed by atoms with Crippen LogP contribution >= 0.6 is 0 Å². The van der Waals surface area contributed by atoms with E-state index in [-0.39, 0.29) is 0 Å². The zero-order valence-corrected chi connectivity index (χ0v) is 10.3. The van der Waals surface area contributed by atoms with Crippen LogP contribution < -0.4 is 5.32 Å². The van der Waals surface area contributed by atoms with Crippen LogP contribution in [0.3, 0.4) is 0 Å². The molecule has 0 spiro atoms. The van der Waals surface area contributed by atoms with Crippen molar-refractivity contribution in [3.8, 4) is 0 Å². The molecule has 1 aliphatic rings. The lowest BCUT2D eigenvalue weighted by Gasteiger charge is -2.11. The summed E-state index contributed by atoms with van der Waals surface area (Å²) in [5.74, 6) is 0.839. The molecule has 0 aromatic heterocycles. The summed E-state index contributed by atoms with van der Waals surface area (Å²) >= 11 is 0. The Morgan fingerprint density at radius 3 is 2.62 bits per heavy atom. The lowest BCUT2D eigenvalue weighted by Crippen LogP contribution is -2.19. The first kappa shape index (κ1) is 11.7. The molecular formula is C15H23N. The smallest absolute Gasteiger partial charge is 0.00682 e. The maximum Gasteiger partial charge on any atom is 0.00682 e. The quantitative estimate of drug-likeness (QED) is 0.738. The average Bonchev–Trinajstić information content (AvgIpc) is 3.12. The van der Waals surface area contributed by atoms with E-state index in [1.165, 1.54) is 44.2 Å². The van der Waals surface area contributed by atoms with Gasteiger partial charge >= 0.3 is 0 Å². The molecule has 0 bridgehead atoms. The van der Waals surface area contributed by atoms with E-state index in [2.05, 4.69) is 42.6 Å². The van der Waals surface area contributed by atoms with Gasteiger partial charge in [0, 0.05) is 6.04 Å². The van der Waals surface area contributed by atoms with Crippen molar-refractivity contribution in [2.75, 3.05) is 6.54 Å². The van der Waals surface area contributed by atoms with E-state index in [1.54, 1.807) is 0 Å². The molecule has 1 aromatic carbocycles. The van der Waals surface area contributed by atoms with Crippen molar-refractivity contribution in [2.45, 2.75) is 45.1 Å². The summed E-state index contributed by atoms with van der Waals surface area (Å²) in [5, 5.41) is 3.59. The SMILES string of the molecule is CC(CCNC1CC1)CCc1ccccc1. The van der Waals surface area contributed by atoms with Crippen LogP contribution in [0.5, 0.6) is 0 Å². The van der Waals surface area contributed by atoms with Gasteiger partial charge in [0.2, 0.25) is 0 Å². The highest BCUT2D eigenvalue weighted by molar-refractivity contribution is 5.14. The molecule has 1 fully saturated rings. The van der Waals surface area contributed by atoms with Crippen LogP contribution in [0.25, 0.3) is 0 Å². The minimum Gasteiger partial charge on any atom is -0.314 e. The second-order valence-corrected chi connectivity index (χ2v) is 5.15. The van der Waals surface area contributed by atoms with E-state index in [0.29, 0.717) is 0 Å². The highest BCUT2D eigenvalue weighted by Gasteiger charge is 2.19. The lowest BCUT2D eigenvalue weighted by atomic mass is 9.98. The zero-order chi connectivity index (χ0) is 11.2. The van der Waals surface area contributed by atoms with E-state index in [0.717, 1.165) is 12.0 Å². The molecule has 0 heterocycles. The maximum atomic E-state index is 3.59. The van der Waals surface area contributed by atoms with Gasteiger partial charge in [0.15, 0.2) is 0 Å². The van der Waals surface area contributed by atoms with Gasteiger partial charge < -0.3 is 5.32 Å². The van der Waals surface area contributed by atoms with Gasteiger partial charge in [-0.3, -0.25) is 0 Å². The van der Waals surface area contributed by atoms with E-state index >= 15 is 0 Å². The summed E-state index contributed by atoms with van der Waals surface area (Å²) in [6, 6.07) is 11.7. The van der Waals surface area contributed by atoms with Gasteiger partial charge in [-0.2, -0.15) is 0 Å². The fourth-order valence-electron chi connectivity index (χ4n) is 2.02. The van der Waals surface area contributed by atoms with Gasteiger partial charge in [-0.15, -0.1) is 0 Å². The van der Waals surface area contributed by atoms with Crippen LogP contribution in [0.4, 0.5) is 0 Å². The molecule has 88 valence electrons. The Balaban J connectivity index is 1.57. The van der Waals surface area contributed by atoms with Crippen molar-refractivity contribution in [2.24, 2.45) is 5.92 Å². The molecule has 1 heteroatoms. The fourth-order valence-corrected chi connectivity index (χ4v) is 2.02. The molecule has 1 N–H and O–H groups in total. The topological polar surface area (TPSA) is 12.0 Å². The lowest BCUT2D eigenvalue weighted by molar-refractivity contribution is 0.469. The van der Waals surface area contributed by atoms with E-state index in [4.69, 9.17) is 0 Å². The van der Waals surface area contributed by atoms with Crippen molar-refractivity contribution >= 4 is 0 Å². The van der Waals surface area contributed by atoms with Crippen LogP contribution in [0.15, 0.2) is 30.3 Å². The molecule has 1 aliphatic carbocycles. The molecular weight excluding hydrogens is 194 g/mol. The summed E-state index contributed by atoms with van der Waals surface area (Å²) in [6.45, 7) is 3.58. The largest absolute Gasteiger partial charge is 0.314 e. The van der Waals surface area contributed by atoms with E-state index < -0.39 is 0 Å². The standard InChI is InChI=1S/C15H23N/c1-13(11-12-16-15-9-10-15)7-8-14-5-3-2-4-6-14/h2-6,13,15-16H,7-12H2,1H3. The Bertz CT molecular complexity index is 290. The Labute approximate surface area is 99.3 Å². The number of nitrogens with one attached hydrogen (secondary N) is 1. The van der Waals surface area contributed by atoms with Crippen LogP contribution in [0, 0.1) is 5.92 Å². The minimum atomic E-state index is 0.839. The third kappa shape index (κ3) is 4.36. The van der Waals surface area contributed by atoms with Crippen LogP contribution in [0.2, 0.25) is 0 Å². The molecule has 1 unspecified atom stereocenters. The van der Waals surface area contributed by atoms with Gasteiger partial charge in [-0.25, -0.2) is 0 Å². The molecule has 0 radical (unpaired) electrons. The molecule has 2 rings (SSSR count). The second-order valence-electron chi connectivity index (χ2n) is 5.15. The maximum absolute atomic E-state index is 3.59. The molecule has 1 nitrogen and oxygen atoms in total. The van der Waals surface area contributed by atoms with Crippen molar-refractivity contribution < 1.29 is 0 Å². The summed E-state index contributed by atoms with van der Waals surface area (Å²) in [4.78, 5) is 0. The van der Waals surface area contributed by atoms with Gasteiger partial charge in [0.05, 0.1) is 0 Å². The molecule has 0 aliphatic heterocycles. The second kappa shape index (κ2) is 6.05. The number of aryl methyl sites for hydroxylation is 1. The van der Waals surface area contributed by atoms with Gasteiger partial charge in [-0.05, 0) is 50.1 Å². The molecule has 1 atom stereocenters. The van der Waals surface area contributed by atoms with Crippen molar-refractivity contribution in [1.29, 1.82) is 0 Å². The third-order valence-electron chi connectivity index (χ3n) is 3.42. The van der Waals surface area contributed by atoms with Crippen LogP contribution in [-0.4, -0.2) is 12.6 Å². The minimum absolute atomic E-state index is 0.839. The third-order valence-corrected chi connectivity index (χ3v) is 3.42. The van der Waals surface area contributed by atoms with Crippen LogP contribution in [0.1, 0.15) is 38.2 Å². The normalized spacial score (nSPS) is 17.3. The highest BCUT2D eigenvalue weighted by Crippen LogP contribution is 2.19. The number of hydrogen-bond acceptors (Lipinski definition) is 1. The number of hydrogen-bond donors (Lipinski definition) is 1. The number of rotatable bonds is 7. The Kier molecular flexibility index (Phi) is 4.41. The average molecular weight is 217 g/mol. The van der Waals surface area contributed by atoms with E-state index in [9.17, 15) is 0 Å². The zero-order valence-electron chi connectivity index (χ0n) is 10.3. The summed E-state index contributed by atoms with van der Waals surface area (Å²) in [6.07, 6.45) is 6.67. The Morgan fingerprint density at radius 1 is 1.19 bits per heavy atom. The van der Waals surface area contributed by atoms with Crippen molar-refractivity contribution in [3.63, 3.8) is 0 Å². The van der Waals surface area contributed by atoms with Gasteiger partial charge in [0.1, 0.15) is 0 Å². The monoisotopic (exact) mass is 217 g/mol. The van der Waals surface area contributed by atoms with Crippen molar-refractivity contribution in [3.05, 3.63) is 35.9 Å². The first-order valence-corrected chi connectivity index (χ1v) is 6.62. The predicted molar refractivity (Wildman–Crippen MR) is 69.6 cm³/mol. The molecule has 1 aromatic rings. The first-order chi connectivity index (χ1) is 7.84.